The Morgan fingerprint density at radius 3 is 2.71 bits per heavy atom. The second kappa shape index (κ2) is 6.68. The lowest BCUT2D eigenvalue weighted by Gasteiger charge is -2.07. The molecule has 0 spiro atoms. The van der Waals surface area contributed by atoms with Gasteiger partial charge in [-0.3, -0.25) is 0 Å². The highest BCUT2D eigenvalue weighted by Gasteiger charge is 2.24. The van der Waals surface area contributed by atoms with Crippen molar-refractivity contribution in [1.82, 2.24) is 19.7 Å². The van der Waals surface area contributed by atoms with Crippen molar-refractivity contribution in [3.8, 4) is 17.1 Å². The third kappa shape index (κ3) is 2.96. The van der Waals surface area contributed by atoms with Gasteiger partial charge in [0.2, 0.25) is 0 Å². The zero-order valence-corrected chi connectivity index (χ0v) is 15.9. The van der Waals surface area contributed by atoms with Gasteiger partial charge >= 0.3 is 0 Å². The van der Waals surface area contributed by atoms with E-state index in [-0.39, 0.29) is 5.82 Å². The van der Waals surface area contributed by atoms with Crippen molar-refractivity contribution in [2.75, 3.05) is 6.26 Å². The zero-order valence-electron chi connectivity index (χ0n) is 15.1. The Morgan fingerprint density at radius 1 is 1.21 bits per heavy atom. The van der Waals surface area contributed by atoms with Gasteiger partial charge in [0.25, 0.3) is 11.0 Å². The van der Waals surface area contributed by atoms with E-state index < -0.39 is 11.2 Å². The number of fused-ring (bicyclic) bond motifs is 1. The van der Waals surface area contributed by atoms with Gasteiger partial charge in [-0.15, -0.1) is 5.10 Å². The second-order valence-corrected chi connectivity index (χ2v) is 8.19. The van der Waals surface area contributed by atoms with Crippen LogP contribution in [0.3, 0.4) is 0 Å². The molecule has 28 heavy (non-hydrogen) atoms. The minimum atomic E-state index is -1.25. The van der Waals surface area contributed by atoms with E-state index in [1.807, 2.05) is 18.2 Å². The topological polar surface area (TPSA) is 66.7 Å². The first kappa shape index (κ1) is 17.3. The molecule has 1 aliphatic rings. The highest BCUT2D eigenvalue weighted by atomic mass is 32.2. The summed E-state index contributed by atoms with van der Waals surface area (Å²) >= 11 is -1.25. The number of aromatic nitrogens is 4. The minimum absolute atomic E-state index is 0.288. The minimum Gasteiger partial charge on any atom is -0.610 e. The first-order valence-corrected chi connectivity index (χ1v) is 10.5. The molecule has 0 N–H and O–H groups in total. The molecule has 5 nitrogen and oxygen atoms in total. The van der Waals surface area contributed by atoms with Crippen molar-refractivity contribution in [3.05, 3.63) is 66.2 Å². The summed E-state index contributed by atoms with van der Waals surface area (Å²) in [5, 5.41) is 5.67. The first-order valence-electron chi connectivity index (χ1n) is 8.96. The quantitative estimate of drug-likeness (QED) is 0.493. The molecule has 139 valence electrons. The largest absolute Gasteiger partial charge is 0.610 e. The molecule has 1 radical (unpaired) electrons. The van der Waals surface area contributed by atoms with E-state index >= 15 is 0 Å². The van der Waals surface area contributed by atoms with Gasteiger partial charge in [-0.05, 0) is 54.7 Å². The third-order valence-corrected chi connectivity index (χ3v) is 5.79. The van der Waals surface area contributed by atoms with E-state index in [9.17, 15) is 8.94 Å². The number of nitrogens with zero attached hydrogens (tertiary/aromatic N) is 4. The van der Waals surface area contributed by atoms with Crippen LogP contribution in [0.2, 0.25) is 0 Å². The smallest absolute Gasteiger partial charge is 0.271 e. The summed E-state index contributed by atoms with van der Waals surface area (Å²) in [4.78, 5) is 8.78. The van der Waals surface area contributed by atoms with E-state index in [2.05, 4.69) is 21.1 Å². The maximum atomic E-state index is 14.4. The number of hydrogen-bond acceptors (Lipinski definition) is 4. The van der Waals surface area contributed by atoms with Crippen molar-refractivity contribution in [1.29, 1.82) is 0 Å². The Morgan fingerprint density at radius 2 is 2.00 bits per heavy atom. The lowest BCUT2D eigenvalue weighted by Crippen LogP contribution is -2.05. The van der Waals surface area contributed by atoms with Crippen LogP contribution in [0, 0.1) is 11.9 Å². The van der Waals surface area contributed by atoms with Gasteiger partial charge in [0.05, 0.1) is 10.9 Å². The summed E-state index contributed by atoms with van der Waals surface area (Å²) in [5.41, 5.74) is 3.00. The predicted molar refractivity (Wildman–Crippen MR) is 105 cm³/mol. The van der Waals surface area contributed by atoms with Crippen LogP contribution >= 0.6 is 0 Å². The molecule has 1 saturated carbocycles. The summed E-state index contributed by atoms with van der Waals surface area (Å²) in [6.45, 7) is 0. The summed E-state index contributed by atoms with van der Waals surface area (Å²) in [6, 6.07) is 13.6. The van der Waals surface area contributed by atoms with Crippen molar-refractivity contribution < 1.29 is 8.94 Å². The maximum absolute atomic E-state index is 14.4. The van der Waals surface area contributed by atoms with Crippen LogP contribution in [-0.2, 0) is 11.2 Å². The van der Waals surface area contributed by atoms with Crippen molar-refractivity contribution in [3.63, 3.8) is 0 Å². The van der Waals surface area contributed by atoms with E-state index in [0.29, 0.717) is 28.0 Å². The van der Waals surface area contributed by atoms with Gasteiger partial charge in [-0.2, -0.15) is 4.68 Å². The Labute approximate surface area is 164 Å². The molecule has 5 rings (SSSR count). The van der Waals surface area contributed by atoms with Gasteiger partial charge in [0.1, 0.15) is 12.1 Å². The first-order chi connectivity index (χ1) is 13.6. The van der Waals surface area contributed by atoms with E-state index in [1.165, 1.54) is 6.07 Å². The third-order valence-electron chi connectivity index (χ3n) is 4.94. The highest BCUT2D eigenvalue weighted by Crippen LogP contribution is 2.41. The lowest BCUT2D eigenvalue weighted by atomic mass is 10.0. The molecular weight excluding hydrogens is 375 g/mol. The fourth-order valence-corrected chi connectivity index (χ4v) is 4.02. The van der Waals surface area contributed by atoms with Gasteiger partial charge in [-0.25, -0.2) is 14.4 Å². The summed E-state index contributed by atoms with van der Waals surface area (Å²) < 4.78 is 27.9. The SMILES string of the molecule is C[S+]([O-])c1nn(-c2ncc(-c3cc(C4CC4)ccc3F)cn2)c2c[c]ccc12. The molecular formula is C21H16FN4OS. The molecule has 0 saturated heterocycles. The van der Waals surface area contributed by atoms with Gasteiger partial charge in [0.15, 0.2) is 0 Å². The van der Waals surface area contributed by atoms with Crippen LogP contribution in [0.1, 0.15) is 24.3 Å². The van der Waals surface area contributed by atoms with E-state index in [4.69, 9.17) is 0 Å². The Kier molecular flexibility index (Phi) is 4.14. The average Bonchev–Trinajstić information content (AvgIpc) is 3.48. The molecule has 0 aliphatic heterocycles. The molecule has 1 atom stereocenters. The molecule has 1 fully saturated rings. The number of rotatable bonds is 4. The molecule has 7 heteroatoms. The Balaban J connectivity index is 1.56. The zero-order chi connectivity index (χ0) is 19.3. The molecule has 2 aromatic heterocycles. The monoisotopic (exact) mass is 391 g/mol. The van der Waals surface area contributed by atoms with Crippen LogP contribution < -0.4 is 0 Å². The Bertz CT molecular complexity index is 1170. The maximum Gasteiger partial charge on any atom is 0.271 e. The molecule has 1 aliphatic carbocycles. The highest BCUT2D eigenvalue weighted by molar-refractivity contribution is 7.90. The van der Waals surface area contributed by atoms with Crippen LogP contribution in [0.5, 0.6) is 0 Å². The number of halogens is 1. The lowest BCUT2D eigenvalue weighted by molar-refractivity contribution is 0.595. The van der Waals surface area contributed by atoms with Crippen molar-refractivity contribution in [2.45, 2.75) is 23.8 Å². The molecule has 4 aromatic rings. The molecule has 0 bridgehead atoms. The van der Waals surface area contributed by atoms with Gasteiger partial charge in [0, 0.05) is 34.7 Å². The van der Waals surface area contributed by atoms with Crippen LogP contribution in [0.4, 0.5) is 4.39 Å². The number of benzene rings is 2. The molecule has 0 amide bonds. The van der Waals surface area contributed by atoms with Crippen molar-refractivity contribution in [2.24, 2.45) is 0 Å². The Hall–Kier alpha value is -2.77. The van der Waals surface area contributed by atoms with Crippen LogP contribution in [0.25, 0.3) is 28.0 Å². The standard InChI is InChI=1S/C21H16FN4OS/c1-28(27)20-16-4-2-3-5-19(16)26(25-20)21-23-11-15(12-24-21)17-10-14(13-6-7-13)8-9-18(17)22/h2,4-5,8-13H,6-7H2,1H3. The molecule has 2 heterocycles. The van der Waals surface area contributed by atoms with Gasteiger partial charge in [-0.1, -0.05) is 12.1 Å². The van der Waals surface area contributed by atoms with Gasteiger partial charge < -0.3 is 4.55 Å². The fourth-order valence-electron chi connectivity index (χ4n) is 3.35. The fraction of sp³-hybridized carbons (Fsp3) is 0.190. The molecule has 1 unspecified atom stereocenters. The van der Waals surface area contributed by atoms with E-state index in [0.717, 1.165) is 29.3 Å². The predicted octanol–water partition coefficient (Wildman–Crippen LogP) is 4.04. The van der Waals surface area contributed by atoms with E-state index in [1.54, 1.807) is 35.5 Å². The summed E-state index contributed by atoms with van der Waals surface area (Å²) in [6.07, 6.45) is 7.10. The second-order valence-electron chi connectivity index (χ2n) is 6.90. The van der Waals surface area contributed by atoms with Crippen LogP contribution in [-0.4, -0.2) is 30.6 Å². The number of hydrogen-bond donors (Lipinski definition) is 0. The molecule has 2 aromatic carbocycles. The summed E-state index contributed by atoms with van der Waals surface area (Å²) in [5.74, 6) is 0.590. The average molecular weight is 391 g/mol. The van der Waals surface area contributed by atoms with Crippen molar-refractivity contribution >= 4 is 22.1 Å². The summed E-state index contributed by atoms with van der Waals surface area (Å²) in [7, 11) is 0. The van der Waals surface area contributed by atoms with Crippen LogP contribution in [0.15, 0.2) is 53.8 Å². The normalized spacial score (nSPS) is 15.1.